The lowest BCUT2D eigenvalue weighted by molar-refractivity contribution is -0.143. The molecule has 1 aromatic carbocycles. The van der Waals surface area contributed by atoms with E-state index in [4.69, 9.17) is 0 Å². The zero-order chi connectivity index (χ0) is 13.6. The van der Waals surface area contributed by atoms with Gasteiger partial charge in [0.15, 0.2) is 0 Å². The zero-order valence-corrected chi connectivity index (χ0v) is 9.72. The Kier molecular flexibility index (Phi) is 3.29. The largest absolute Gasteiger partial charge is 0.416 e. The Morgan fingerprint density at radius 2 is 1.33 bits per heavy atom. The van der Waals surface area contributed by atoms with Crippen molar-refractivity contribution in [2.75, 3.05) is 5.75 Å². The van der Waals surface area contributed by atoms with Gasteiger partial charge in [-0.05, 0) is 35.9 Å². The van der Waals surface area contributed by atoms with Crippen LogP contribution in [0.4, 0.5) is 26.3 Å². The maximum absolute atomic E-state index is 12.5. The van der Waals surface area contributed by atoms with Crippen molar-refractivity contribution in [1.29, 1.82) is 0 Å². The maximum atomic E-state index is 12.5. The van der Waals surface area contributed by atoms with Crippen molar-refractivity contribution in [3.05, 3.63) is 34.9 Å². The van der Waals surface area contributed by atoms with E-state index in [9.17, 15) is 26.3 Å². The van der Waals surface area contributed by atoms with Crippen LogP contribution in [0, 0.1) is 0 Å². The van der Waals surface area contributed by atoms with Crippen LogP contribution in [0.15, 0.2) is 18.2 Å². The first-order valence-corrected chi connectivity index (χ1v) is 6.14. The number of rotatable bonds is 1. The second-order valence-electron chi connectivity index (χ2n) is 3.99. The van der Waals surface area contributed by atoms with E-state index in [0.717, 1.165) is 17.9 Å². The standard InChI is InChI=1S/C11H8F6S/c12-10(13,14)7-3-6(9-1-2-18-9)4-8(5-7)11(15,16)17/h3-5,9H,1-2H2. The molecule has 1 heterocycles. The summed E-state index contributed by atoms with van der Waals surface area (Å²) >= 11 is 1.36. The van der Waals surface area contributed by atoms with E-state index in [1.54, 1.807) is 0 Å². The van der Waals surface area contributed by atoms with E-state index >= 15 is 0 Å². The Bertz CT molecular complexity index is 412. The van der Waals surface area contributed by atoms with Crippen molar-refractivity contribution >= 4 is 11.8 Å². The molecule has 0 spiro atoms. The molecule has 1 unspecified atom stereocenters. The predicted molar refractivity (Wildman–Crippen MR) is 56.3 cm³/mol. The molecule has 7 heteroatoms. The second kappa shape index (κ2) is 4.36. The van der Waals surface area contributed by atoms with Gasteiger partial charge in [-0.25, -0.2) is 0 Å². The minimum Gasteiger partial charge on any atom is -0.166 e. The summed E-state index contributed by atoms with van der Waals surface area (Å²) in [5.41, 5.74) is -2.37. The second-order valence-corrected chi connectivity index (χ2v) is 5.30. The van der Waals surface area contributed by atoms with Gasteiger partial charge in [0, 0.05) is 5.25 Å². The third kappa shape index (κ3) is 2.76. The van der Waals surface area contributed by atoms with Crippen molar-refractivity contribution in [1.82, 2.24) is 0 Å². The summed E-state index contributed by atoms with van der Waals surface area (Å²) in [7, 11) is 0. The first-order chi connectivity index (χ1) is 8.18. The molecule has 1 saturated heterocycles. The number of benzene rings is 1. The molecular formula is C11H8F6S. The van der Waals surface area contributed by atoms with Crippen LogP contribution in [0.1, 0.15) is 28.4 Å². The van der Waals surface area contributed by atoms with Crippen LogP contribution in [0.25, 0.3) is 0 Å². The normalized spacial score (nSPS) is 20.7. The molecule has 1 aliphatic heterocycles. The highest BCUT2D eigenvalue weighted by atomic mass is 32.2. The van der Waals surface area contributed by atoms with Gasteiger partial charge in [0.2, 0.25) is 0 Å². The molecule has 0 bridgehead atoms. The van der Waals surface area contributed by atoms with Crippen LogP contribution < -0.4 is 0 Å². The van der Waals surface area contributed by atoms with Crippen molar-refractivity contribution in [3.63, 3.8) is 0 Å². The highest BCUT2D eigenvalue weighted by Crippen LogP contribution is 2.45. The summed E-state index contributed by atoms with van der Waals surface area (Å²) in [6, 6.07) is 1.78. The SMILES string of the molecule is FC(F)(F)c1cc(C2CCS2)cc(C(F)(F)F)c1. The number of hydrogen-bond acceptors (Lipinski definition) is 1. The van der Waals surface area contributed by atoms with Gasteiger partial charge in [0.25, 0.3) is 0 Å². The fraction of sp³-hybridized carbons (Fsp3) is 0.455. The van der Waals surface area contributed by atoms with Crippen molar-refractivity contribution < 1.29 is 26.3 Å². The van der Waals surface area contributed by atoms with Crippen molar-refractivity contribution in [3.8, 4) is 0 Å². The Morgan fingerprint density at radius 1 is 0.889 bits per heavy atom. The summed E-state index contributed by atoms with van der Waals surface area (Å²) in [5.74, 6) is 0.766. The zero-order valence-electron chi connectivity index (χ0n) is 8.90. The average Bonchev–Trinajstić information content (AvgIpc) is 2.11. The summed E-state index contributed by atoms with van der Waals surface area (Å²) < 4.78 is 75.3. The van der Waals surface area contributed by atoms with E-state index in [2.05, 4.69) is 0 Å². The van der Waals surface area contributed by atoms with Crippen molar-refractivity contribution in [2.45, 2.75) is 24.0 Å². The third-order valence-electron chi connectivity index (χ3n) is 2.68. The van der Waals surface area contributed by atoms with Crippen molar-refractivity contribution in [2.24, 2.45) is 0 Å². The summed E-state index contributed by atoms with van der Waals surface area (Å²) in [4.78, 5) is 0. The summed E-state index contributed by atoms with van der Waals surface area (Å²) in [6.45, 7) is 0. The Balaban J connectivity index is 2.48. The van der Waals surface area contributed by atoms with Crippen LogP contribution in [-0.2, 0) is 12.4 Å². The molecule has 100 valence electrons. The molecule has 18 heavy (non-hydrogen) atoms. The Labute approximate surface area is 103 Å². The Morgan fingerprint density at radius 3 is 1.61 bits per heavy atom. The minimum absolute atomic E-state index is 0.105. The van der Waals surface area contributed by atoms with Gasteiger partial charge in [-0.15, -0.1) is 0 Å². The van der Waals surface area contributed by atoms with E-state index in [0.29, 0.717) is 6.42 Å². The molecule has 0 N–H and O–H groups in total. The van der Waals surface area contributed by atoms with E-state index in [-0.39, 0.29) is 16.9 Å². The predicted octanol–water partition coefficient (Wildman–Crippen LogP) is 4.90. The first kappa shape index (κ1) is 13.6. The lowest BCUT2D eigenvalue weighted by Crippen LogP contribution is -2.14. The van der Waals surface area contributed by atoms with Crippen LogP contribution in [0.2, 0.25) is 0 Å². The van der Waals surface area contributed by atoms with E-state index in [1.165, 1.54) is 11.8 Å². The van der Waals surface area contributed by atoms with E-state index in [1.807, 2.05) is 0 Å². The van der Waals surface area contributed by atoms with Gasteiger partial charge in [-0.1, -0.05) is 0 Å². The lowest BCUT2D eigenvalue weighted by atomic mass is 10.0. The molecule has 0 radical (unpaired) electrons. The average molecular weight is 286 g/mol. The van der Waals surface area contributed by atoms with Crippen LogP contribution in [-0.4, -0.2) is 5.75 Å². The van der Waals surface area contributed by atoms with Gasteiger partial charge in [0.1, 0.15) is 0 Å². The number of hydrogen-bond donors (Lipinski definition) is 0. The van der Waals surface area contributed by atoms with E-state index < -0.39 is 23.5 Å². The summed E-state index contributed by atoms with van der Waals surface area (Å²) in [6.07, 6.45) is -8.90. The van der Waals surface area contributed by atoms with Gasteiger partial charge in [-0.2, -0.15) is 38.1 Å². The first-order valence-electron chi connectivity index (χ1n) is 5.09. The molecule has 0 aliphatic carbocycles. The molecule has 0 saturated carbocycles. The van der Waals surface area contributed by atoms with Gasteiger partial charge < -0.3 is 0 Å². The highest BCUT2D eigenvalue weighted by molar-refractivity contribution is 8.00. The number of alkyl halides is 6. The van der Waals surface area contributed by atoms with Crippen LogP contribution in [0.3, 0.4) is 0 Å². The van der Waals surface area contributed by atoms with Crippen LogP contribution >= 0.6 is 11.8 Å². The molecular weight excluding hydrogens is 278 g/mol. The molecule has 2 rings (SSSR count). The molecule has 1 fully saturated rings. The molecule has 1 aliphatic rings. The maximum Gasteiger partial charge on any atom is 0.416 e. The fourth-order valence-corrected chi connectivity index (χ4v) is 2.46. The van der Waals surface area contributed by atoms with Gasteiger partial charge in [0.05, 0.1) is 11.1 Å². The topological polar surface area (TPSA) is 0 Å². The molecule has 0 aromatic heterocycles. The number of thioether (sulfide) groups is 1. The monoisotopic (exact) mass is 286 g/mol. The smallest absolute Gasteiger partial charge is 0.166 e. The molecule has 1 aromatic rings. The molecule has 1 atom stereocenters. The third-order valence-corrected chi connectivity index (χ3v) is 4.06. The Hall–Kier alpha value is -0.850. The molecule has 0 amide bonds. The lowest BCUT2D eigenvalue weighted by Gasteiger charge is -2.26. The highest BCUT2D eigenvalue weighted by Gasteiger charge is 2.38. The molecule has 0 nitrogen and oxygen atoms in total. The summed E-state index contributed by atoms with van der Waals surface area (Å²) in [5, 5.41) is -0.256. The van der Waals surface area contributed by atoms with Crippen LogP contribution in [0.5, 0.6) is 0 Å². The quantitative estimate of drug-likeness (QED) is 0.661. The van der Waals surface area contributed by atoms with Gasteiger partial charge >= 0.3 is 12.4 Å². The minimum atomic E-state index is -4.76. The number of halogens is 6. The fourth-order valence-electron chi connectivity index (χ4n) is 1.66. The van der Waals surface area contributed by atoms with Gasteiger partial charge in [-0.3, -0.25) is 0 Å².